The SMILES string of the molecule is NC(=O)/C=C/c1cc(Cl)c(N)c(Cl)c1. The van der Waals surface area contributed by atoms with E-state index in [0.29, 0.717) is 21.3 Å². The van der Waals surface area contributed by atoms with E-state index in [1.807, 2.05) is 0 Å². The molecule has 0 aliphatic carbocycles. The summed E-state index contributed by atoms with van der Waals surface area (Å²) in [6.07, 6.45) is 2.73. The minimum atomic E-state index is -0.533. The average molecular weight is 231 g/mol. The van der Waals surface area contributed by atoms with Crippen molar-refractivity contribution in [3.05, 3.63) is 33.8 Å². The molecule has 74 valence electrons. The molecule has 0 unspecified atom stereocenters. The lowest BCUT2D eigenvalue weighted by molar-refractivity contribution is -0.113. The topological polar surface area (TPSA) is 69.1 Å². The number of carbonyl (C=O) groups is 1. The third kappa shape index (κ3) is 2.65. The van der Waals surface area contributed by atoms with Crippen LogP contribution < -0.4 is 11.5 Å². The van der Waals surface area contributed by atoms with Crippen LogP contribution in [0.5, 0.6) is 0 Å². The van der Waals surface area contributed by atoms with Crippen LogP contribution in [-0.2, 0) is 4.79 Å². The Morgan fingerprint density at radius 1 is 1.29 bits per heavy atom. The first kappa shape index (κ1) is 10.9. The predicted molar refractivity (Wildman–Crippen MR) is 59.1 cm³/mol. The van der Waals surface area contributed by atoms with Crippen LogP contribution in [0.1, 0.15) is 5.56 Å². The Kier molecular flexibility index (Phi) is 3.38. The second-order valence-corrected chi connectivity index (χ2v) is 3.45. The van der Waals surface area contributed by atoms with E-state index in [0.717, 1.165) is 0 Å². The van der Waals surface area contributed by atoms with Crippen LogP contribution in [0.15, 0.2) is 18.2 Å². The van der Waals surface area contributed by atoms with Crippen molar-refractivity contribution in [1.29, 1.82) is 0 Å². The highest BCUT2D eigenvalue weighted by Gasteiger charge is 2.02. The Balaban J connectivity index is 3.07. The van der Waals surface area contributed by atoms with E-state index in [4.69, 9.17) is 34.7 Å². The van der Waals surface area contributed by atoms with Gasteiger partial charge in [0.05, 0.1) is 15.7 Å². The normalized spacial score (nSPS) is 10.7. The summed E-state index contributed by atoms with van der Waals surface area (Å²) in [5.41, 5.74) is 11.5. The summed E-state index contributed by atoms with van der Waals surface area (Å²) in [6.45, 7) is 0. The van der Waals surface area contributed by atoms with Crippen molar-refractivity contribution in [2.45, 2.75) is 0 Å². The maximum atomic E-state index is 10.5. The minimum Gasteiger partial charge on any atom is -0.396 e. The van der Waals surface area contributed by atoms with E-state index in [9.17, 15) is 4.79 Å². The van der Waals surface area contributed by atoms with Gasteiger partial charge >= 0.3 is 0 Å². The third-order valence-electron chi connectivity index (χ3n) is 1.54. The zero-order valence-electron chi connectivity index (χ0n) is 7.13. The molecule has 0 saturated heterocycles. The zero-order chi connectivity index (χ0) is 10.7. The molecule has 0 aromatic heterocycles. The summed E-state index contributed by atoms with van der Waals surface area (Å²) in [5, 5.41) is 0.697. The van der Waals surface area contributed by atoms with Crippen molar-refractivity contribution in [3.8, 4) is 0 Å². The molecule has 1 aromatic rings. The Morgan fingerprint density at radius 3 is 2.21 bits per heavy atom. The summed E-state index contributed by atoms with van der Waals surface area (Å²) < 4.78 is 0. The Hall–Kier alpha value is -1.19. The first-order valence-electron chi connectivity index (χ1n) is 3.72. The van der Waals surface area contributed by atoms with Gasteiger partial charge in [0, 0.05) is 6.08 Å². The lowest BCUT2D eigenvalue weighted by Crippen LogP contribution is -2.05. The molecule has 4 N–H and O–H groups in total. The number of primary amides is 1. The number of hydrogen-bond donors (Lipinski definition) is 2. The number of nitrogens with two attached hydrogens (primary N) is 2. The minimum absolute atomic E-state index is 0.324. The number of nitrogen functional groups attached to an aromatic ring is 1. The van der Waals surface area contributed by atoms with E-state index in [1.54, 1.807) is 12.1 Å². The summed E-state index contributed by atoms with van der Waals surface area (Å²) in [4.78, 5) is 10.5. The molecule has 1 amide bonds. The Bertz CT molecular complexity index is 379. The fourth-order valence-electron chi connectivity index (χ4n) is 0.878. The highest BCUT2D eigenvalue weighted by atomic mass is 35.5. The van der Waals surface area contributed by atoms with E-state index in [2.05, 4.69) is 0 Å². The molecule has 0 aliphatic rings. The van der Waals surface area contributed by atoms with Gasteiger partial charge in [0.15, 0.2) is 0 Å². The van der Waals surface area contributed by atoms with E-state index < -0.39 is 5.91 Å². The molecule has 14 heavy (non-hydrogen) atoms. The van der Waals surface area contributed by atoms with Crippen LogP contribution >= 0.6 is 23.2 Å². The van der Waals surface area contributed by atoms with Gasteiger partial charge < -0.3 is 11.5 Å². The van der Waals surface area contributed by atoms with Gasteiger partial charge in [-0.3, -0.25) is 4.79 Å². The molecular weight excluding hydrogens is 223 g/mol. The molecule has 0 spiro atoms. The second kappa shape index (κ2) is 4.35. The monoisotopic (exact) mass is 230 g/mol. The van der Waals surface area contributed by atoms with Crippen LogP contribution in [0.2, 0.25) is 10.0 Å². The summed E-state index contributed by atoms with van der Waals surface area (Å²) in [5.74, 6) is -0.533. The van der Waals surface area contributed by atoms with Crippen molar-refractivity contribution in [2.24, 2.45) is 5.73 Å². The van der Waals surface area contributed by atoms with Crippen molar-refractivity contribution in [1.82, 2.24) is 0 Å². The van der Waals surface area contributed by atoms with Gasteiger partial charge in [0.1, 0.15) is 0 Å². The van der Waals surface area contributed by atoms with Gasteiger partial charge in [0.25, 0.3) is 0 Å². The smallest absolute Gasteiger partial charge is 0.241 e. The van der Waals surface area contributed by atoms with Gasteiger partial charge in [0.2, 0.25) is 5.91 Å². The molecular formula is C9H8Cl2N2O. The molecule has 0 saturated carbocycles. The number of hydrogen-bond acceptors (Lipinski definition) is 2. The van der Waals surface area contributed by atoms with Crippen molar-refractivity contribution in [3.63, 3.8) is 0 Å². The highest BCUT2D eigenvalue weighted by molar-refractivity contribution is 6.39. The van der Waals surface area contributed by atoms with Crippen LogP contribution in [0.4, 0.5) is 5.69 Å². The first-order valence-corrected chi connectivity index (χ1v) is 4.48. The lowest BCUT2D eigenvalue weighted by atomic mass is 10.2. The Morgan fingerprint density at radius 2 is 1.79 bits per heavy atom. The van der Waals surface area contributed by atoms with Crippen molar-refractivity contribution in [2.75, 3.05) is 5.73 Å². The first-order chi connectivity index (χ1) is 6.50. The Labute approximate surface area is 91.3 Å². The largest absolute Gasteiger partial charge is 0.396 e. The molecule has 0 aliphatic heterocycles. The molecule has 5 heteroatoms. The van der Waals surface area contributed by atoms with Gasteiger partial charge in [-0.25, -0.2) is 0 Å². The van der Waals surface area contributed by atoms with Gasteiger partial charge in [-0.2, -0.15) is 0 Å². The number of amides is 1. The average Bonchev–Trinajstić information content (AvgIpc) is 2.10. The molecule has 0 fully saturated rings. The molecule has 3 nitrogen and oxygen atoms in total. The molecule has 0 radical (unpaired) electrons. The number of carbonyl (C=O) groups excluding carboxylic acids is 1. The van der Waals surface area contributed by atoms with Crippen molar-refractivity contribution >= 4 is 40.9 Å². The standard InChI is InChI=1S/C9H8Cl2N2O/c10-6-3-5(1-2-8(12)14)4-7(11)9(6)13/h1-4H,13H2,(H2,12,14)/b2-1+. The maximum absolute atomic E-state index is 10.5. The molecule has 0 atom stereocenters. The number of benzene rings is 1. The van der Waals surface area contributed by atoms with Crippen LogP contribution in [0.3, 0.4) is 0 Å². The second-order valence-electron chi connectivity index (χ2n) is 2.63. The number of halogens is 2. The van der Waals surface area contributed by atoms with Gasteiger partial charge in [-0.05, 0) is 23.8 Å². The number of anilines is 1. The predicted octanol–water partition coefficient (Wildman–Crippen LogP) is 2.07. The van der Waals surface area contributed by atoms with E-state index in [-0.39, 0.29) is 0 Å². The number of rotatable bonds is 2. The van der Waals surface area contributed by atoms with Crippen molar-refractivity contribution < 1.29 is 4.79 Å². The maximum Gasteiger partial charge on any atom is 0.241 e. The summed E-state index contributed by atoms with van der Waals surface area (Å²) in [6, 6.07) is 3.20. The zero-order valence-corrected chi connectivity index (χ0v) is 8.64. The lowest BCUT2D eigenvalue weighted by Gasteiger charge is -2.02. The third-order valence-corrected chi connectivity index (χ3v) is 2.17. The summed E-state index contributed by atoms with van der Waals surface area (Å²) in [7, 11) is 0. The summed E-state index contributed by atoms with van der Waals surface area (Å²) >= 11 is 11.5. The molecule has 0 bridgehead atoms. The van der Waals surface area contributed by atoms with Crippen LogP contribution in [0, 0.1) is 0 Å². The highest BCUT2D eigenvalue weighted by Crippen LogP contribution is 2.29. The van der Waals surface area contributed by atoms with Crippen LogP contribution in [-0.4, -0.2) is 5.91 Å². The quantitative estimate of drug-likeness (QED) is 0.604. The fourth-order valence-corrected chi connectivity index (χ4v) is 1.38. The van der Waals surface area contributed by atoms with Gasteiger partial charge in [-0.1, -0.05) is 23.2 Å². The fraction of sp³-hybridized carbons (Fsp3) is 0. The van der Waals surface area contributed by atoms with E-state index >= 15 is 0 Å². The molecule has 0 heterocycles. The van der Waals surface area contributed by atoms with Gasteiger partial charge in [-0.15, -0.1) is 0 Å². The van der Waals surface area contributed by atoms with Crippen LogP contribution in [0.25, 0.3) is 6.08 Å². The molecule has 1 aromatic carbocycles. The molecule has 1 rings (SSSR count). The van der Waals surface area contributed by atoms with E-state index in [1.165, 1.54) is 12.2 Å².